The fourth-order valence-electron chi connectivity index (χ4n) is 4.15. The Balaban J connectivity index is 1.53. The molecule has 2 aliphatic rings. The molecule has 2 heterocycles. The summed E-state index contributed by atoms with van der Waals surface area (Å²) in [5.41, 5.74) is 3.02. The van der Waals surface area contributed by atoms with Crippen LogP contribution in [0.15, 0.2) is 71.1 Å². The maximum Gasteiger partial charge on any atom is 0.315 e. The Hall–Kier alpha value is -3.28. The van der Waals surface area contributed by atoms with Crippen molar-refractivity contribution in [2.45, 2.75) is 32.1 Å². The Kier molecular flexibility index (Phi) is 6.02. The predicted octanol–water partition coefficient (Wildman–Crippen LogP) is 3.89. The number of Topliss-reactive ketones (excluding diaryl/α,β-unsaturated/α-hetero) is 1. The Morgan fingerprint density at radius 2 is 1.83 bits per heavy atom. The lowest BCUT2D eigenvalue weighted by Gasteiger charge is -2.34. The van der Waals surface area contributed by atoms with Gasteiger partial charge in [-0.3, -0.25) is 19.6 Å². The van der Waals surface area contributed by atoms with Crippen molar-refractivity contribution in [2.75, 3.05) is 13.2 Å². The van der Waals surface area contributed by atoms with Crippen LogP contribution in [0.25, 0.3) is 0 Å². The highest BCUT2D eigenvalue weighted by Crippen LogP contribution is 2.43. The lowest BCUT2D eigenvalue weighted by Crippen LogP contribution is -2.37. The quantitative estimate of drug-likeness (QED) is 0.539. The van der Waals surface area contributed by atoms with E-state index in [1.165, 1.54) is 0 Å². The van der Waals surface area contributed by atoms with Crippen molar-refractivity contribution < 1.29 is 19.1 Å². The second kappa shape index (κ2) is 9.03. The minimum atomic E-state index is -0.634. The van der Waals surface area contributed by atoms with Crippen molar-refractivity contribution in [1.82, 2.24) is 4.98 Å². The van der Waals surface area contributed by atoms with Crippen molar-refractivity contribution in [2.24, 2.45) is 10.9 Å². The number of ketones is 1. The van der Waals surface area contributed by atoms with E-state index in [4.69, 9.17) is 9.47 Å². The minimum Gasteiger partial charge on any atom is -0.490 e. The molecule has 4 rings (SSSR count). The summed E-state index contributed by atoms with van der Waals surface area (Å²) in [6.07, 6.45) is 5.40. The normalized spacial score (nSPS) is 21.0. The van der Waals surface area contributed by atoms with Crippen LogP contribution in [0.2, 0.25) is 0 Å². The number of ether oxygens (including phenoxy) is 2. The van der Waals surface area contributed by atoms with E-state index in [9.17, 15) is 9.59 Å². The van der Waals surface area contributed by atoms with Gasteiger partial charge in [0.25, 0.3) is 0 Å². The van der Waals surface area contributed by atoms with Crippen LogP contribution in [0.3, 0.4) is 0 Å². The molecular formula is C24H24N2O4. The first-order valence-electron chi connectivity index (χ1n) is 10.2. The number of hydrogen-bond donors (Lipinski definition) is 0. The third-order valence-corrected chi connectivity index (χ3v) is 5.49. The fourth-order valence-corrected chi connectivity index (χ4v) is 4.15. The second-order valence-corrected chi connectivity index (χ2v) is 7.46. The van der Waals surface area contributed by atoms with E-state index in [1.54, 1.807) is 12.4 Å². The molecule has 1 aromatic carbocycles. The molecule has 154 valence electrons. The van der Waals surface area contributed by atoms with Crippen LogP contribution in [0.1, 0.15) is 37.7 Å². The van der Waals surface area contributed by atoms with E-state index in [-0.39, 0.29) is 25.0 Å². The molecule has 6 heteroatoms. The number of aliphatic imine (C=N–C) groups is 1. The van der Waals surface area contributed by atoms with Gasteiger partial charge in [0.2, 0.25) is 0 Å². The summed E-state index contributed by atoms with van der Waals surface area (Å²) < 4.78 is 11.2. The van der Waals surface area contributed by atoms with Gasteiger partial charge in [0.05, 0.1) is 0 Å². The highest BCUT2D eigenvalue weighted by molar-refractivity contribution is 6.08. The van der Waals surface area contributed by atoms with Crippen molar-refractivity contribution in [3.8, 4) is 5.75 Å². The maximum absolute atomic E-state index is 13.1. The van der Waals surface area contributed by atoms with Gasteiger partial charge in [-0.1, -0.05) is 18.2 Å². The highest BCUT2D eigenvalue weighted by atomic mass is 16.6. The molecule has 0 spiro atoms. The molecule has 0 amide bonds. The van der Waals surface area contributed by atoms with E-state index in [1.807, 2.05) is 49.4 Å². The molecule has 1 aliphatic carbocycles. The monoisotopic (exact) mass is 404 g/mol. The molecule has 2 atom stereocenters. The maximum atomic E-state index is 13.1. The van der Waals surface area contributed by atoms with E-state index in [0.717, 1.165) is 29.9 Å². The summed E-state index contributed by atoms with van der Waals surface area (Å²) in [6, 6.07) is 13.1. The number of nitrogens with zero attached hydrogens (tertiary/aromatic N) is 2. The SMILES string of the molecule is CC1=NC2=C(C(=O)CCC2)C(c2ccncc2)C1C(=O)OCCOc1ccccc1. The van der Waals surface area contributed by atoms with Crippen LogP contribution in [-0.4, -0.2) is 35.7 Å². The van der Waals surface area contributed by atoms with E-state index >= 15 is 0 Å². The Morgan fingerprint density at radius 1 is 1.07 bits per heavy atom. The Morgan fingerprint density at radius 3 is 2.60 bits per heavy atom. The Bertz CT molecular complexity index is 983. The molecule has 0 fully saturated rings. The van der Waals surface area contributed by atoms with E-state index < -0.39 is 11.8 Å². The summed E-state index contributed by atoms with van der Waals surface area (Å²) in [7, 11) is 0. The summed E-state index contributed by atoms with van der Waals surface area (Å²) in [6.45, 7) is 2.22. The average Bonchev–Trinajstić information content (AvgIpc) is 2.77. The van der Waals surface area contributed by atoms with Gasteiger partial charge in [-0.2, -0.15) is 0 Å². The summed E-state index contributed by atoms with van der Waals surface area (Å²) >= 11 is 0. The number of aromatic nitrogens is 1. The van der Waals surface area contributed by atoms with Gasteiger partial charge < -0.3 is 9.47 Å². The Labute approximate surface area is 175 Å². The first kappa shape index (κ1) is 20.0. The number of rotatable bonds is 6. The number of carbonyl (C=O) groups is 2. The molecule has 6 nitrogen and oxygen atoms in total. The van der Waals surface area contributed by atoms with E-state index in [2.05, 4.69) is 9.98 Å². The van der Waals surface area contributed by atoms with Crippen LogP contribution in [-0.2, 0) is 14.3 Å². The van der Waals surface area contributed by atoms with Gasteiger partial charge in [0, 0.05) is 41.7 Å². The van der Waals surface area contributed by atoms with Gasteiger partial charge in [-0.25, -0.2) is 0 Å². The zero-order chi connectivity index (χ0) is 20.9. The standard InChI is InChI=1S/C24H24N2O4/c1-16-21(24(28)30-15-14-29-18-6-3-2-4-7-18)22(17-10-12-25-13-11-17)23-19(26-16)8-5-9-20(23)27/h2-4,6-7,10-13,21-22H,5,8-9,14-15H2,1H3. The number of allylic oxidation sites excluding steroid dienone is 2. The first-order chi connectivity index (χ1) is 14.6. The predicted molar refractivity (Wildman–Crippen MR) is 112 cm³/mol. The largest absolute Gasteiger partial charge is 0.490 e. The summed E-state index contributed by atoms with van der Waals surface area (Å²) in [4.78, 5) is 34.6. The summed E-state index contributed by atoms with van der Waals surface area (Å²) in [5, 5.41) is 0. The van der Waals surface area contributed by atoms with Crippen LogP contribution >= 0.6 is 0 Å². The zero-order valence-corrected chi connectivity index (χ0v) is 16.9. The molecule has 30 heavy (non-hydrogen) atoms. The van der Waals surface area contributed by atoms with Gasteiger partial charge >= 0.3 is 5.97 Å². The summed E-state index contributed by atoms with van der Waals surface area (Å²) in [5.74, 6) is -0.624. The van der Waals surface area contributed by atoms with Crippen molar-refractivity contribution in [3.63, 3.8) is 0 Å². The van der Waals surface area contributed by atoms with Crippen molar-refractivity contribution in [3.05, 3.63) is 71.7 Å². The van der Waals surface area contributed by atoms with Gasteiger partial charge in [0.15, 0.2) is 5.78 Å². The number of hydrogen-bond acceptors (Lipinski definition) is 6. The smallest absolute Gasteiger partial charge is 0.315 e. The van der Waals surface area contributed by atoms with Crippen molar-refractivity contribution in [1.29, 1.82) is 0 Å². The van der Waals surface area contributed by atoms with Crippen LogP contribution in [0.5, 0.6) is 5.75 Å². The van der Waals surface area contributed by atoms with Crippen molar-refractivity contribution >= 4 is 17.5 Å². The lowest BCUT2D eigenvalue weighted by molar-refractivity contribution is -0.147. The first-order valence-corrected chi connectivity index (χ1v) is 10.2. The average molecular weight is 404 g/mol. The molecule has 1 aromatic heterocycles. The number of carbonyl (C=O) groups excluding carboxylic acids is 2. The number of pyridine rings is 1. The topological polar surface area (TPSA) is 77.9 Å². The highest BCUT2D eigenvalue weighted by Gasteiger charge is 2.43. The lowest BCUT2D eigenvalue weighted by atomic mass is 9.72. The van der Waals surface area contributed by atoms with Crippen LogP contribution < -0.4 is 4.74 Å². The molecule has 0 radical (unpaired) electrons. The third-order valence-electron chi connectivity index (χ3n) is 5.49. The number of esters is 1. The molecule has 2 unspecified atom stereocenters. The van der Waals surface area contributed by atoms with Gasteiger partial charge in [-0.05, 0) is 49.6 Å². The van der Waals surface area contributed by atoms with Crippen LogP contribution in [0, 0.1) is 5.92 Å². The minimum absolute atomic E-state index is 0.0690. The van der Waals surface area contributed by atoms with E-state index in [0.29, 0.717) is 17.7 Å². The third kappa shape index (κ3) is 4.17. The van der Waals surface area contributed by atoms with Gasteiger partial charge in [-0.15, -0.1) is 0 Å². The van der Waals surface area contributed by atoms with Gasteiger partial charge in [0.1, 0.15) is 24.9 Å². The molecule has 0 N–H and O–H groups in total. The molecular weight excluding hydrogens is 380 g/mol. The number of benzene rings is 1. The zero-order valence-electron chi connectivity index (χ0n) is 16.9. The molecule has 0 saturated heterocycles. The molecule has 0 saturated carbocycles. The number of para-hydroxylation sites is 1. The molecule has 0 bridgehead atoms. The van der Waals surface area contributed by atoms with Crippen LogP contribution in [0.4, 0.5) is 0 Å². The second-order valence-electron chi connectivity index (χ2n) is 7.46. The molecule has 1 aliphatic heterocycles. The molecule has 2 aromatic rings. The fraction of sp³-hybridized carbons (Fsp3) is 0.333.